The molecule has 0 fully saturated rings. The van der Waals surface area contributed by atoms with Gasteiger partial charge in [-0.3, -0.25) is 4.79 Å². The largest absolute Gasteiger partial charge is 0.467 e. The van der Waals surface area contributed by atoms with Gasteiger partial charge in [0.15, 0.2) is 0 Å². The highest BCUT2D eigenvalue weighted by atomic mass is 16.5. The van der Waals surface area contributed by atoms with Gasteiger partial charge in [-0.1, -0.05) is 13.8 Å². The van der Waals surface area contributed by atoms with Gasteiger partial charge in [0.25, 0.3) is 5.91 Å². The molecular weight excluding hydrogens is 244 g/mol. The minimum absolute atomic E-state index is 0.311. The summed E-state index contributed by atoms with van der Waals surface area (Å²) in [6, 6.07) is 6.54. The molecule has 0 heterocycles. The molecule has 1 aromatic carbocycles. The second-order valence-corrected chi connectivity index (χ2v) is 4.36. The fraction of sp³-hybridized carbons (Fsp3) is 0.429. The summed E-state index contributed by atoms with van der Waals surface area (Å²) in [5, 5.41) is 2.76. The molecule has 0 radical (unpaired) electrons. The lowest BCUT2D eigenvalue weighted by Gasteiger charge is -2.29. The summed E-state index contributed by atoms with van der Waals surface area (Å²) in [5.41, 5.74) is 5.64. The lowest BCUT2D eigenvalue weighted by Crippen LogP contribution is -2.54. The predicted octanol–water partition coefficient (Wildman–Crippen LogP) is 1.73. The lowest BCUT2D eigenvalue weighted by molar-refractivity contribution is -0.148. The van der Waals surface area contributed by atoms with E-state index < -0.39 is 11.5 Å². The Morgan fingerprint density at radius 3 is 2.16 bits per heavy atom. The standard InChI is InChI=1S/C14H20N2O3/c1-4-14(5-2,13(18)19-3)16-12(17)10-6-8-11(15)9-7-10/h6-9H,4-5,15H2,1-3H3,(H,16,17). The summed E-state index contributed by atoms with van der Waals surface area (Å²) in [5.74, 6) is -0.740. The molecule has 0 saturated heterocycles. The summed E-state index contributed by atoms with van der Waals surface area (Å²) in [6.45, 7) is 3.67. The van der Waals surface area contributed by atoms with Crippen LogP contribution in [0.5, 0.6) is 0 Å². The van der Waals surface area contributed by atoms with Crippen molar-refractivity contribution in [2.24, 2.45) is 0 Å². The number of hydrogen-bond donors (Lipinski definition) is 2. The van der Waals surface area contributed by atoms with Gasteiger partial charge >= 0.3 is 5.97 Å². The van der Waals surface area contributed by atoms with E-state index in [1.165, 1.54) is 7.11 Å². The van der Waals surface area contributed by atoms with Crippen molar-refractivity contribution >= 4 is 17.6 Å². The van der Waals surface area contributed by atoms with E-state index in [2.05, 4.69) is 5.32 Å². The monoisotopic (exact) mass is 264 g/mol. The maximum atomic E-state index is 12.2. The number of methoxy groups -OCH3 is 1. The van der Waals surface area contributed by atoms with Crippen molar-refractivity contribution in [3.63, 3.8) is 0 Å². The van der Waals surface area contributed by atoms with E-state index in [0.29, 0.717) is 24.1 Å². The topological polar surface area (TPSA) is 81.4 Å². The Balaban J connectivity index is 2.94. The number of hydrogen-bond acceptors (Lipinski definition) is 4. The number of carbonyl (C=O) groups excluding carboxylic acids is 2. The number of carbonyl (C=O) groups is 2. The quantitative estimate of drug-likeness (QED) is 0.627. The normalized spacial score (nSPS) is 10.9. The average molecular weight is 264 g/mol. The maximum absolute atomic E-state index is 12.2. The third kappa shape index (κ3) is 3.24. The Labute approximate surface area is 113 Å². The van der Waals surface area contributed by atoms with Crippen LogP contribution in [-0.2, 0) is 9.53 Å². The molecule has 104 valence electrons. The molecule has 0 aliphatic heterocycles. The molecule has 0 spiro atoms. The van der Waals surface area contributed by atoms with Gasteiger partial charge < -0.3 is 15.8 Å². The average Bonchev–Trinajstić information content (AvgIpc) is 2.44. The summed E-state index contributed by atoms with van der Waals surface area (Å²) in [7, 11) is 1.32. The number of esters is 1. The zero-order valence-electron chi connectivity index (χ0n) is 11.5. The Morgan fingerprint density at radius 2 is 1.74 bits per heavy atom. The first-order valence-corrected chi connectivity index (χ1v) is 6.25. The molecule has 5 nitrogen and oxygen atoms in total. The number of benzene rings is 1. The van der Waals surface area contributed by atoms with E-state index >= 15 is 0 Å². The highest BCUT2D eigenvalue weighted by Crippen LogP contribution is 2.18. The molecule has 0 unspecified atom stereocenters. The number of rotatable bonds is 5. The molecule has 0 saturated carbocycles. The number of nitrogens with one attached hydrogen (secondary N) is 1. The molecule has 0 atom stereocenters. The predicted molar refractivity (Wildman–Crippen MR) is 73.6 cm³/mol. The van der Waals surface area contributed by atoms with Crippen molar-refractivity contribution in [2.75, 3.05) is 12.8 Å². The Hall–Kier alpha value is -2.04. The van der Waals surface area contributed by atoms with Crippen LogP contribution in [-0.4, -0.2) is 24.5 Å². The fourth-order valence-corrected chi connectivity index (χ4v) is 1.89. The molecule has 3 N–H and O–H groups in total. The van der Waals surface area contributed by atoms with Gasteiger partial charge in [0.1, 0.15) is 5.54 Å². The number of ether oxygens (including phenoxy) is 1. The van der Waals surface area contributed by atoms with Crippen molar-refractivity contribution in [2.45, 2.75) is 32.2 Å². The molecule has 5 heteroatoms. The van der Waals surface area contributed by atoms with Gasteiger partial charge in [-0.15, -0.1) is 0 Å². The molecule has 0 aliphatic carbocycles. The molecule has 1 amide bonds. The molecule has 1 aromatic rings. The van der Waals surface area contributed by atoms with E-state index in [9.17, 15) is 9.59 Å². The first-order chi connectivity index (χ1) is 8.99. The highest BCUT2D eigenvalue weighted by Gasteiger charge is 2.37. The number of nitrogen functional groups attached to an aromatic ring is 1. The summed E-state index contributed by atoms with van der Waals surface area (Å²) < 4.78 is 4.78. The Kier molecular flexibility index (Phi) is 4.92. The van der Waals surface area contributed by atoms with Gasteiger partial charge in [-0.05, 0) is 37.1 Å². The van der Waals surface area contributed by atoms with Crippen LogP contribution < -0.4 is 11.1 Å². The van der Waals surface area contributed by atoms with Crippen LogP contribution in [0, 0.1) is 0 Å². The van der Waals surface area contributed by atoms with Gasteiger partial charge in [-0.25, -0.2) is 4.79 Å². The van der Waals surface area contributed by atoms with Crippen LogP contribution in [0.4, 0.5) is 5.69 Å². The molecule has 19 heavy (non-hydrogen) atoms. The number of amides is 1. The first-order valence-electron chi connectivity index (χ1n) is 6.25. The Bertz CT molecular complexity index is 450. The van der Waals surface area contributed by atoms with Crippen LogP contribution in [0.15, 0.2) is 24.3 Å². The SMILES string of the molecule is CCC(CC)(NC(=O)c1ccc(N)cc1)C(=O)OC. The zero-order chi connectivity index (χ0) is 14.5. The molecule has 1 rings (SSSR count). The van der Waals surface area contributed by atoms with Gasteiger partial charge in [0.05, 0.1) is 7.11 Å². The van der Waals surface area contributed by atoms with Gasteiger partial charge in [0.2, 0.25) is 0 Å². The molecule has 0 bridgehead atoms. The lowest BCUT2D eigenvalue weighted by atomic mass is 9.92. The molecule has 0 aromatic heterocycles. The van der Waals surface area contributed by atoms with Crippen LogP contribution in [0.3, 0.4) is 0 Å². The van der Waals surface area contributed by atoms with E-state index in [1.807, 2.05) is 13.8 Å². The second kappa shape index (κ2) is 6.22. The van der Waals surface area contributed by atoms with Crippen molar-refractivity contribution in [3.8, 4) is 0 Å². The van der Waals surface area contributed by atoms with Crippen molar-refractivity contribution in [1.82, 2.24) is 5.32 Å². The molecule has 0 aliphatic rings. The van der Waals surface area contributed by atoms with E-state index in [-0.39, 0.29) is 5.91 Å². The third-order valence-corrected chi connectivity index (χ3v) is 3.31. The highest BCUT2D eigenvalue weighted by molar-refractivity contribution is 5.98. The van der Waals surface area contributed by atoms with Gasteiger partial charge in [0, 0.05) is 11.3 Å². The second-order valence-electron chi connectivity index (χ2n) is 4.36. The van der Waals surface area contributed by atoms with E-state index in [0.717, 1.165) is 0 Å². The third-order valence-electron chi connectivity index (χ3n) is 3.31. The van der Waals surface area contributed by atoms with Crippen LogP contribution >= 0.6 is 0 Å². The fourth-order valence-electron chi connectivity index (χ4n) is 1.89. The summed E-state index contributed by atoms with van der Waals surface area (Å²) >= 11 is 0. The first kappa shape index (κ1) is 15.0. The zero-order valence-corrected chi connectivity index (χ0v) is 11.5. The maximum Gasteiger partial charge on any atom is 0.331 e. The van der Waals surface area contributed by atoms with Crippen LogP contribution in [0.1, 0.15) is 37.0 Å². The Morgan fingerprint density at radius 1 is 1.21 bits per heavy atom. The number of anilines is 1. The smallest absolute Gasteiger partial charge is 0.331 e. The van der Waals surface area contributed by atoms with Crippen molar-refractivity contribution in [1.29, 1.82) is 0 Å². The molecular formula is C14H20N2O3. The minimum Gasteiger partial charge on any atom is -0.467 e. The summed E-state index contributed by atoms with van der Waals surface area (Å²) in [4.78, 5) is 24.0. The van der Waals surface area contributed by atoms with Crippen LogP contribution in [0.2, 0.25) is 0 Å². The van der Waals surface area contributed by atoms with Gasteiger partial charge in [-0.2, -0.15) is 0 Å². The minimum atomic E-state index is -0.979. The van der Waals surface area contributed by atoms with Crippen molar-refractivity contribution in [3.05, 3.63) is 29.8 Å². The van der Waals surface area contributed by atoms with E-state index in [4.69, 9.17) is 10.5 Å². The van der Waals surface area contributed by atoms with E-state index in [1.54, 1.807) is 24.3 Å². The van der Waals surface area contributed by atoms with Crippen molar-refractivity contribution < 1.29 is 14.3 Å². The number of nitrogens with two attached hydrogens (primary N) is 1. The summed E-state index contributed by atoms with van der Waals surface area (Å²) in [6.07, 6.45) is 0.938. The van der Waals surface area contributed by atoms with Crippen LogP contribution in [0.25, 0.3) is 0 Å².